The fourth-order valence-corrected chi connectivity index (χ4v) is 2.22. The molecular formula is C16H17NO. The molecule has 2 nitrogen and oxygen atoms in total. The summed E-state index contributed by atoms with van der Waals surface area (Å²) in [7, 11) is 0. The summed E-state index contributed by atoms with van der Waals surface area (Å²) < 4.78 is 5.87. The minimum absolute atomic E-state index is 0.333. The van der Waals surface area contributed by atoms with E-state index in [1.54, 1.807) is 0 Å². The Hall–Kier alpha value is -1.80. The second kappa shape index (κ2) is 4.46. The molecule has 2 N–H and O–H groups in total. The second-order valence-corrected chi connectivity index (χ2v) is 5.00. The van der Waals surface area contributed by atoms with Gasteiger partial charge in [-0.3, -0.25) is 0 Å². The highest BCUT2D eigenvalue weighted by atomic mass is 16.5. The van der Waals surface area contributed by atoms with Crippen LogP contribution in [0.3, 0.4) is 0 Å². The van der Waals surface area contributed by atoms with Gasteiger partial charge in [0.15, 0.2) is 0 Å². The number of nitrogens with two attached hydrogens (primary N) is 1. The van der Waals surface area contributed by atoms with Crippen molar-refractivity contribution in [1.29, 1.82) is 0 Å². The van der Waals surface area contributed by atoms with E-state index in [1.807, 2.05) is 30.3 Å². The molecule has 1 saturated carbocycles. The molecule has 1 aliphatic rings. The van der Waals surface area contributed by atoms with Crippen molar-refractivity contribution in [3.8, 4) is 11.5 Å². The molecule has 2 heteroatoms. The zero-order valence-corrected chi connectivity index (χ0v) is 10.5. The van der Waals surface area contributed by atoms with Gasteiger partial charge < -0.3 is 10.5 Å². The van der Waals surface area contributed by atoms with Crippen molar-refractivity contribution in [3.63, 3.8) is 0 Å². The molecule has 1 aliphatic carbocycles. The Labute approximate surface area is 107 Å². The van der Waals surface area contributed by atoms with Crippen LogP contribution < -0.4 is 10.5 Å². The molecule has 2 aromatic carbocycles. The van der Waals surface area contributed by atoms with Crippen molar-refractivity contribution < 1.29 is 4.74 Å². The summed E-state index contributed by atoms with van der Waals surface area (Å²) in [6, 6.07) is 16.7. The molecule has 2 unspecified atom stereocenters. The van der Waals surface area contributed by atoms with Crippen LogP contribution in [-0.4, -0.2) is 6.04 Å². The Kier molecular flexibility index (Phi) is 2.80. The molecule has 3 rings (SSSR count). The molecule has 0 spiro atoms. The van der Waals surface area contributed by atoms with E-state index in [9.17, 15) is 0 Å². The molecule has 0 radical (unpaired) electrons. The maximum atomic E-state index is 5.88. The first kappa shape index (κ1) is 11.3. The first-order chi connectivity index (χ1) is 8.72. The van der Waals surface area contributed by atoms with Gasteiger partial charge in [-0.25, -0.2) is 0 Å². The lowest BCUT2D eigenvalue weighted by atomic mass is 10.1. The molecule has 0 aliphatic heterocycles. The molecule has 0 heterocycles. The van der Waals surface area contributed by atoms with Gasteiger partial charge in [-0.2, -0.15) is 0 Å². The van der Waals surface area contributed by atoms with Crippen LogP contribution in [0.25, 0.3) is 0 Å². The SMILES string of the molecule is Cc1cccc(Oc2cccc(C3CC3N)c2)c1. The van der Waals surface area contributed by atoms with E-state index < -0.39 is 0 Å². The lowest BCUT2D eigenvalue weighted by Gasteiger charge is -2.08. The highest BCUT2D eigenvalue weighted by molar-refractivity contribution is 5.38. The van der Waals surface area contributed by atoms with Crippen LogP contribution >= 0.6 is 0 Å². The molecule has 1 fully saturated rings. The van der Waals surface area contributed by atoms with Gasteiger partial charge in [0.25, 0.3) is 0 Å². The van der Waals surface area contributed by atoms with Crippen LogP contribution in [0, 0.1) is 6.92 Å². The Morgan fingerprint density at radius 1 is 1.06 bits per heavy atom. The van der Waals surface area contributed by atoms with Crippen molar-refractivity contribution in [3.05, 3.63) is 59.7 Å². The number of hydrogen-bond donors (Lipinski definition) is 1. The van der Waals surface area contributed by atoms with Gasteiger partial charge in [-0.05, 0) is 48.7 Å². The number of hydrogen-bond acceptors (Lipinski definition) is 2. The predicted molar refractivity (Wildman–Crippen MR) is 73.0 cm³/mol. The normalized spacial score (nSPS) is 21.7. The van der Waals surface area contributed by atoms with E-state index in [-0.39, 0.29) is 0 Å². The highest BCUT2D eigenvalue weighted by Crippen LogP contribution is 2.40. The molecule has 0 amide bonds. The monoisotopic (exact) mass is 239 g/mol. The van der Waals surface area contributed by atoms with Gasteiger partial charge in [-0.1, -0.05) is 24.3 Å². The summed E-state index contributed by atoms with van der Waals surface area (Å²) >= 11 is 0. The summed E-state index contributed by atoms with van der Waals surface area (Å²) in [5.74, 6) is 2.29. The van der Waals surface area contributed by atoms with Crippen LogP contribution in [0.2, 0.25) is 0 Å². The maximum Gasteiger partial charge on any atom is 0.127 e. The third kappa shape index (κ3) is 2.39. The third-order valence-corrected chi connectivity index (χ3v) is 3.35. The zero-order chi connectivity index (χ0) is 12.5. The average molecular weight is 239 g/mol. The number of aryl methyl sites for hydroxylation is 1. The van der Waals surface area contributed by atoms with Crippen LogP contribution in [0.15, 0.2) is 48.5 Å². The number of rotatable bonds is 3. The Balaban J connectivity index is 1.80. The fourth-order valence-electron chi connectivity index (χ4n) is 2.22. The fraction of sp³-hybridized carbons (Fsp3) is 0.250. The molecule has 0 saturated heterocycles. The molecule has 2 aromatic rings. The van der Waals surface area contributed by atoms with E-state index in [0.717, 1.165) is 17.9 Å². The topological polar surface area (TPSA) is 35.2 Å². The van der Waals surface area contributed by atoms with Crippen LogP contribution in [-0.2, 0) is 0 Å². The van der Waals surface area contributed by atoms with Gasteiger partial charge >= 0.3 is 0 Å². The lowest BCUT2D eigenvalue weighted by Crippen LogP contribution is -2.00. The molecule has 18 heavy (non-hydrogen) atoms. The summed E-state index contributed by atoms with van der Waals surface area (Å²) in [5, 5.41) is 0. The van der Waals surface area contributed by atoms with E-state index in [4.69, 9.17) is 10.5 Å². The summed E-state index contributed by atoms with van der Waals surface area (Å²) in [6.07, 6.45) is 1.09. The summed E-state index contributed by atoms with van der Waals surface area (Å²) in [5.41, 5.74) is 8.37. The second-order valence-electron chi connectivity index (χ2n) is 5.00. The highest BCUT2D eigenvalue weighted by Gasteiger charge is 2.34. The van der Waals surface area contributed by atoms with Crippen molar-refractivity contribution in [2.75, 3.05) is 0 Å². The minimum atomic E-state index is 0.333. The van der Waals surface area contributed by atoms with E-state index in [1.165, 1.54) is 11.1 Å². The van der Waals surface area contributed by atoms with Gasteiger partial charge in [0.2, 0.25) is 0 Å². The lowest BCUT2D eigenvalue weighted by molar-refractivity contribution is 0.481. The molecule has 0 aromatic heterocycles. The van der Waals surface area contributed by atoms with Crippen LogP contribution in [0.5, 0.6) is 11.5 Å². The molecule has 0 bridgehead atoms. The average Bonchev–Trinajstić information content (AvgIpc) is 3.07. The van der Waals surface area contributed by atoms with Crippen LogP contribution in [0.4, 0.5) is 0 Å². The summed E-state index contributed by atoms with van der Waals surface area (Å²) in [4.78, 5) is 0. The Bertz CT molecular complexity index is 565. The Morgan fingerprint density at radius 3 is 2.39 bits per heavy atom. The standard InChI is InChI=1S/C16H17NO/c1-11-4-2-6-13(8-11)18-14-7-3-5-12(9-14)15-10-16(15)17/h2-9,15-16H,10,17H2,1H3. The minimum Gasteiger partial charge on any atom is -0.457 e. The van der Waals surface area contributed by atoms with Crippen molar-refractivity contribution in [2.24, 2.45) is 5.73 Å². The molecule has 92 valence electrons. The molecule has 2 atom stereocenters. The van der Waals surface area contributed by atoms with Crippen molar-refractivity contribution in [2.45, 2.75) is 25.3 Å². The smallest absolute Gasteiger partial charge is 0.127 e. The van der Waals surface area contributed by atoms with E-state index in [0.29, 0.717) is 12.0 Å². The van der Waals surface area contributed by atoms with E-state index in [2.05, 4.69) is 25.1 Å². The van der Waals surface area contributed by atoms with E-state index >= 15 is 0 Å². The van der Waals surface area contributed by atoms with Gasteiger partial charge in [0.05, 0.1) is 0 Å². The van der Waals surface area contributed by atoms with Crippen LogP contribution in [0.1, 0.15) is 23.5 Å². The largest absolute Gasteiger partial charge is 0.457 e. The van der Waals surface area contributed by atoms with Crippen molar-refractivity contribution in [1.82, 2.24) is 0 Å². The summed E-state index contributed by atoms with van der Waals surface area (Å²) in [6.45, 7) is 2.06. The number of benzene rings is 2. The first-order valence-corrected chi connectivity index (χ1v) is 6.32. The Morgan fingerprint density at radius 2 is 1.72 bits per heavy atom. The first-order valence-electron chi connectivity index (χ1n) is 6.32. The molecular weight excluding hydrogens is 222 g/mol. The van der Waals surface area contributed by atoms with Gasteiger partial charge in [-0.15, -0.1) is 0 Å². The van der Waals surface area contributed by atoms with Gasteiger partial charge in [0.1, 0.15) is 11.5 Å². The zero-order valence-electron chi connectivity index (χ0n) is 10.5. The third-order valence-electron chi connectivity index (χ3n) is 3.35. The maximum absolute atomic E-state index is 5.88. The van der Waals surface area contributed by atoms with Gasteiger partial charge in [0, 0.05) is 12.0 Å². The predicted octanol–water partition coefficient (Wildman–Crippen LogP) is 3.60. The number of ether oxygens (including phenoxy) is 1. The quantitative estimate of drug-likeness (QED) is 0.888. The van der Waals surface area contributed by atoms with Crippen molar-refractivity contribution >= 4 is 0 Å².